The molecule has 0 saturated carbocycles. The second kappa shape index (κ2) is 25.6. The van der Waals surface area contributed by atoms with Crippen molar-refractivity contribution in [1.82, 2.24) is 59.5 Å². The van der Waals surface area contributed by atoms with Crippen molar-refractivity contribution in [3.8, 4) is 0 Å². The van der Waals surface area contributed by atoms with Gasteiger partial charge in [-0.2, -0.15) is 0 Å². The van der Waals surface area contributed by atoms with Crippen LogP contribution in [0.25, 0.3) is 0 Å². The molecule has 402 valence electrons. The summed E-state index contributed by atoms with van der Waals surface area (Å²) in [6.07, 6.45) is 5.99. The summed E-state index contributed by atoms with van der Waals surface area (Å²) in [6.45, 7) is 47.5. The summed E-state index contributed by atoms with van der Waals surface area (Å²) in [5, 5.41) is 20.6. The first kappa shape index (κ1) is 61.8. The molecule has 0 amide bonds. The van der Waals surface area contributed by atoms with Crippen molar-refractivity contribution in [3.05, 3.63) is 116 Å². The van der Waals surface area contributed by atoms with Gasteiger partial charge in [-0.15, -0.1) is 0 Å². The number of hydrazine groups is 2. The van der Waals surface area contributed by atoms with E-state index in [1.807, 2.05) is 13.8 Å². The van der Waals surface area contributed by atoms with Gasteiger partial charge >= 0.3 is 0 Å². The topological polar surface area (TPSA) is 136 Å². The van der Waals surface area contributed by atoms with E-state index in [0.29, 0.717) is 34.8 Å². The molecule has 0 fully saturated rings. The number of nitrogens with one attached hydrogen (secondary N) is 2. The molecule has 2 aliphatic heterocycles. The molecule has 2 N–H and O–H groups in total. The van der Waals surface area contributed by atoms with Gasteiger partial charge in [0.25, 0.3) is 14.2 Å². The van der Waals surface area contributed by atoms with Gasteiger partial charge in [0.05, 0.1) is 34.2 Å². The summed E-state index contributed by atoms with van der Waals surface area (Å²) >= 11 is 0. The molecule has 0 bridgehead atoms. The third-order valence-electron chi connectivity index (χ3n) is 13.2. The van der Waals surface area contributed by atoms with Crippen LogP contribution in [0.15, 0.2) is 70.4 Å². The molecule has 14 nitrogen and oxygen atoms in total. The molecule has 0 saturated heterocycles. The third kappa shape index (κ3) is 13.2. The van der Waals surface area contributed by atoms with Gasteiger partial charge in [-0.1, -0.05) is 138 Å². The van der Waals surface area contributed by atoms with Crippen molar-refractivity contribution in [2.45, 2.75) is 200 Å². The van der Waals surface area contributed by atoms with Crippen LogP contribution < -0.4 is 10.9 Å². The van der Waals surface area contributed by atoms with Gasteiger partial charge in [0, 0.05) is 44.1 Å². The number of carbonyl (C=O) groups excluding carboxylic acids is 2. The fourth-order valence-electron chi connectivity index (χ4n) is 8.64. The Kier molecular flexibility index (Phi) is 22.0. The first-order valence-corrected chi connectivity index (χ1v) is 26.0. The van der Waals surface area contributed by atoms with E-state index in [2.05, 4.69) is 214 Å². The number of aldehydes is 2. The Morgan fingerprint density at radius 3 is 0.792 bits per heavy atom. The molecule has 0 aliphatic carbocycles. The molecule has 18 heteroatoms. The van der Waals surface area contributed by atoms with E-state index >= 15 is 0 Å². The van der Waals surface area contributed by atoms with Crippen molar-refractivity contribution < 1.29 is 42.6 Å². The molecule has 0 spiro atoms. The summed E-state index contributed by atoms with van der Waals surface area (Å²) < 4.78 is 8.52. The van der Waals surface area contributed by atoms with Crippen LogP contribution in [0.2, 0.25) is 0 Å². The zero-order chi connectivity index (χ0) is 52.4. The Morgan fingerprint density at radius 1 is 0.403 bits per heavy atom. The predicted molar refractivity (Wildman–Crippen MR) is 288 cm³/mol. The standard InChI is InChI=1S/2C27H43BN6O.2Ni/c2*1-16(2)22-12-25(18(5)6)32(29-22)28(33-26(19(7)8)13-23(30-33)17(3)4)34-27(20(9)10)14-24(31-34)21(11)15-35;;/h2*12-20,31H,1-11H3;;/q2*-1;;/b2*24-21-;;. The normalized spacial score (nSPS) is 15.5. The quantitative estimate of drug-likeness (QED) is 0.0563. The first-order chi connectivity index (χ1) is 32.7. The minimum Gasteiger partial charge on any atom is -0.444 e. The SMILES string of the molecule is C/C(C=O)=C1\C=C(C(C)C)N([B-](n2nc(C(C)C)cc2C(C)C)n2nc(C(C)C)cc2C(C)C)N1.C/C(C=O)=C1\C=C(C(C)C)N([B-](n2nc(C(C)C)cc2C(C)C)n2nc(C(C)C)cc2C(C)C)N1.[Ni].[Ni]. The van der Waals surface area contributed by atoms with Gasteiger partial charge in [0.2, 0.25) is 0 Å². The Balaban J connectivity index is 0.000000370. The molecule has 4 aromatic heterocycles. The van der Waals surface area contributed by atoms with E-state index in [4.69, 9.17) is 20.4 Å². The Bertz CT molecular complexity index is 2310. The monoisotopic (exact) mass is 1070 g/mol. The van der Waals surface area contributed by atoms with E-state index in [0.717, 1.165) is 80.9 Å². The minimum atomic E-state index is -0.365. The predicted octanol–water partition coefficient (Wildman–Crippen LogP) is 11.6. The summed E-state index contributed by atoms with van der Waals surface area (Å²) in [5.74, 6) is 2.80. The van der Waals surface area contributed by atoms with Crippen molar-refractivity contribution in [2.75, 3.05) is 0 Å². The van der Waals surface area contributed by atoms with Crippen LogP contribution in [-0.4, -0.2) is 75.4 Å². The second-order valence-electron chi connectivity index (χ2n) is 22.5. The zero-order valence-electron chi connectivity index (χ0n) is 47.5. The van der Waals surface area contributed by atoms with Crippen LogP contribution in [0.3, 0.4) is 0 Å². The Labute approximate surface area is 453 Å². The number of aromatic nitrogens is 8. The van der Waals surface area contributed by atoms with Gasteiger partial charge in [0.1, 0.15) is 12.6 Å². The van der Waals surface area contributed by atoms with Gasteiger partial charge in [-0.25, -0.2) is 20.4 Å². The molecule has 2 aliphatic rings. The maximum atomic E-state index is 11.6. The van der Waals surface area contributed by atoms with Crippen LogP contribution in [0.5, 0.6) is 0 Å². The van der Waals surface area contributed by atoms with Crippen molar-refractivity contribution in [3.63, 3.8) is 0 Å². The van der Waals surface area contributed by atoms with E-state index < -0.39 is 0 Å². The third-order valence-corrected chi connectivity index (χ3v) is 13.2. The molecule has 6 rings (SSSR count). The van der Waals surface area contributed by atoms with Crippen LogP contribution in [0.1, 0.15) is 245 Å². The fraction of sp³-hybridized carbons (Fsp3) is 0.593. The zero-order valence-corrected chi connectivity index (χ0v) is 49.4. The minimum absolute atomic E-state index is 0. The number of carbonyl (C=O) groups is 2. The molecule has 72 heavy (non-hydrogen) atoms. The maximum absolute atomic E-state index is 11.6. The van der Waals surface area contributed by atoms with E-state index in [9.17, 15) is 9.59 Å². The molecule has 0 atom stereocenters. The Hall–Kier alpha value is -4.54. The second-order valence-corrected chi connectivity index (χ2v) is 22.5. The molecule has 0 aromatic carbocycles. The summed E-state index contributed by atoms with van der Waals surface area (Å²) in [7, 11) is -0.731. The number of nitrogens with zero attached hydrogens (tertiary/aromatic N) is 10. The smallest absolute Gasteiger partial charge is 0.258 e. The van der Waals surface area contributed by atoms with Crippen molar-refractivity contribution in [1.29, 1.82) is 0 Å². The van der Waals surface area contributed by atoms with Crippen LogP contribution in [-0.2, 0) is 42.6 Å². The van der Waals surface area contributed by atoms with E-state index in [-0.39, 0.29) is 82.7 Å². The number of allylic oxidation sites excluding steroid dienone is 6. The molecule has 2 radical (unpaired) electrons. The molecular formula is C54H86B2N12Ni2O2-2. The molecule has 4 aromatic rings. The molecular weight excluding hydrogens is 988 g/mol. The number of rotatable bonds is 18. The van der Waals surface area contributed by atoms with Crippen molar-refractivity contribution >= 4 is 26.8 Å². The van der Waals surface area contributed by atoms with Crippen LogP contribution >= 0.6 is 0 Å². The van der Waals surface area contributed by atoms with Crippen LogP contribution in [0.4, 0.5) is 0 Å². The number of hydrogen-bond donors (Lipinski definition) is 2. The molecule has 0 unspecified atom stereocenters. The summed E-state index contributed by atoms with van der Waals surface area (Å²) in [5.41, 5.74) is 21.2. The molecule has 6 heterocycles. The summed E-state index contributed by atoms with van der Waals surface area (Å²) in [4.78, 5) is 27.6. The van der Waals surface area contributed by atoms with Gasteiger partial charge in [-0.3, -0.25) is 9.59 Å². The van der Waals surface area contributed by atoms with Gasteiger partial charge in [0.15, 0.2) is 0 Å². The van der Waals surface area contributed by atoms with Crippen LogP contribution in [0, 0.1) is 11.8 Å². The largest absolute Gasteiger partial charge is 0.444 e. The fourth-order valence-corrected chi connectivity index (χ4v) is 8.64. The maximum Gasteiger partial charge on any atom is 0.258 e. The van der Waals surface area contributed by atoms with E-state index in [1.165, 1.54) is 0 Å². The average Bonchev–Trinajstić information content (AvgIpc) is 4.14. The first-order valence-electron chi connectivity index (χ1n) is 26.0. The van der Waals surface area contributed by atoms with E-state index in [1.54, 1.807) is 0 Å². The summed E-state index contributed by atoms with van der Waals surface area (Å²) in [6, 6.07) is 8.91. The number of hydrogen-bond acceptors (Lipinski definition) is 10. The van der Waals surface area contributed by atoms with Gasteiger partial charge < -0.3 is 39.1 Å². The van der Waals surface area contributed by atoms with Crippen molar-refractivity contribution in [2.24, 2.45) is 11.8 Å². The Morgan fingerprint density at radius 2 is 0.625 bits per heavy atom. The van der Waals surface area contributed by atoms with Gasteiger partial charge in [-0.05, 0) is 144 Å². The average molecular weight is 1070 g/mol.